The molecule has 15 heavy (non-hydrogen) atoms. The van der Waals surface area contributed by atoms with Crippen molar-refractivity contribution in [3.63, 3.8) is 0 Å². The molecule has 0 saturated carbocycles. The zero-order chi connectivity index (χ0) is 11.1. The molecular weight excluding hydrogens is 324 g/mol. The van der Waals surface area contributed by atoms with Crippen molar-refractivity contribution in [1.82, 2.24) is 0 Å². The Labute approximate surface area is 107 Å². The fraction of sp³-hybridized carbons (Fsp3) is 0.455. The molecule has 0 saturated heterocycles. The number of methoxy groups -OCH3 is 1. The van der Waals surface area contributed by atoms with Gasteiger partial charge in [0.2, 0.25) is 0 Å². The second-order valence-electron chi connectivity index (χ2n) is 3.09. The lowest BCUT2D eigenvalue weighted by atomic mass is 10.2. The Balaban J connectivity index is 2.43. The van der Waals surface area contributed by atoms with Gasteiger partial charge < -0.3 is 9.47 Å². The van der Waals surface area contributed by atoms with Crippen LogP contribution < -0.4 is 4.74 Å². The van der Waals surface area contributed by atoms with Gasteiger partial charge in [-0.05, 0) is 17.7 Å². The van der Waals surface area contributed by atoms with Crippen molar-refractivity contribution in [3.05, 3.63) is 29.8 Å². The number of halogens is 2. The molecule has 0 N–H and O–H groups in total. The first kappa shape index (κ1) is 13.0. The first-order valence-corrected chi connectivity index (χ1v) is 6.91. The molecule has 0 aromatic heterocycles. The Hall–Kier alpha value is -0.0600. The van der Waals surface area contributed by atoms with E-state index in [1.54, 1.807) is 7.11 Å². The minimum Gasteiger partial charge on any atom is -0.497 e. The van der Waals surface area contributed by atoms with Crippen LogP contribution in [0.25, 0.3) is 0 Å². The van der Waals surface area contributed by atoms with Gasteiger partial charge in [-0.25, -0.2) is 0 Å². The van der Waals surface area contributed by atoms with E-state index in [2.05, 4.69) is 31.9 Å². The van der Waals surface area contributed by atoms with Crippen LogP contribution in [0, 0.1) is 0 Å². The van der Waals surface area contributed by atoms with E-state index in [4.69, 9.17) is 9.47 Å². The predicted octanol–water partition coefficient (Wildman–Crippen LogP) is 3.37. The normalized spacial score (nSPS) is 10.7. The van der Waals surface area contributed by atoms with E-state index in [-0.39, 0.29) is 6.10 Å². The van der Waals surface area contributed by atoms with Crippen molar-refractivity contribution in [2.45, 2.75) is 12.7 Å². The largest absolute Gasteiger partial charge is 0.497 e. The third-order valence-corrected chi connectivity index (χ3v) is 3.43. The Morgan fingerprint density at radius 1 is 1.13 bits per heavy atom. The molecule has 84 valence electrons. The Bertz CT molecular complexity index is 270. The second-order valence-corrected chi connectivity index (χ2v) is 4.38. The second kappa shape index (κ2) is 7.25. The van der Waals surface area contributed by atoms with Crippen molar-refractivity contribution >= 4 is 31.9 Å². The van der Waals surface area contributed by atoms with Gasteiger partial charge in [0.05, 0.1) is 19.8 Å². The molecule has 0 radical (unpaired) electrons. The molecule has 0 aliphatic heterocycles. The summed E-state index contributed by atoms with van der Waals surface area (Å²) in [5.74, 6) is 0.872. The Morgan fingerprint density at radius 3 is 2.20 bits per heavy atom. The van der Waals surface area contributed by atoms with Gasteiger partial charge in [-0.3, -0.25) is 0 Å². The first-order valence-electron chi connectivity index (χ1n) is 4.66. The van der Waals surface area contributed by atoms with E-state index < -0.39 is 0 Å². The molecule has 2 nitrogen and oxygen atoms in total. The van der Waals surface area contributed by atoms with Crippen LogP contribution in [-0.2, 0) is 11.3 Å². The van der Waals surface area contributed by atoms with Gasteiger partial charge in [0.15, 0.2) is 0 Å². The van der Waals surface area contributed by atoms with Crippen LogP contribution in [0.1, 0.15) is 5.56 Å². The average Bonchev–Trinajstić information content (AvgIpc) is 2.31. The van der Waals surface area contributed by atoms with Gasteiger partial charge in [-0.2, -0.15) is 0 Å². The van der Waals surface area contributed by atoms with Crippen molar-refractivity contribution in [1.29, 1.82) is 0 Å². The molecule has 0 aliphatic carbocycles. The SMILES string of the molecule is COc1ccc(COC(CBr)CBr)cc1. The number of hydrogen-bond donors (Lipinski definition) is 0. The van der Waals surface area contributed by atoms with Crippen LogP contribution in [0.15, 0.2) is 24.3 Å². The summed E-state index contributed by atoms with van der Waals surface area (Å²) in [6, 6.07) is 7.91. The fourth-order valence-electron chi connectivity index (χ4n) is 1.07. The van der Waals surface area contributed by atoms with E-state index in [0.29, 0.717) is 6.61 Å². The van der Waals surface area contributed by atoms with Crippen molar-refractivity contribution < 1.29 is 9.47 Å². The summed E-state index contributed by atoms with van der Waals surface area (Å²) in [5.41, 5.74) is 1.16. The average molecular weight is 338 g/mol. The number of ether oxygens (including phenoxy) is 2. The van der Waals surface area contributed by atoms with E-state index in [1.165, 1.54) is 0 Å². The molecule has 4 heteroatoms. The Kier molecular flexibility index (Phi) is 6.29. The van der Waals surface area contributed by atoms with Crippen LogP contribution in [0.5, 0.6) is 5.75 Å². The van der Waals surface area contributed by atoms with Crippen molar-refractivity contribution in [2.24, 2.45) is 0 Å². The van der Waals surface area contributed by atoms with Gasteiger partial charge in [-0.15, -0.1) is 0 Å². The lowest BCUT2D eigenvalue weighted by Crippen LogP contribution is -2.15. The standard InChI is InChI=1S/C11H14Br2O2/c1-14-10-4-2-9(3-5-10)8-15-11(6-12)7-13/h2-5,11H,6-8H2,1H3. The third kappa shape index (κ3) is 4.53. The van der Waals surface area contributed by atoms with Gasteiger partial charge >= 0.3 is 0 Å². The molecule has 1 aromatic carbocycles. The number of rotatable bonds is 6. The molecular formula is C11H14Br2O2. The molecule has 0 bridgehead atoms. The maximum absolute atomic E-state index is 5.67. The summed E-state index contributed by atoms with van der Waals surface area (Å²) in [7, 11) is 1.66. The minimum absolute atomic E-state index is 0.215. The van der Waals surface area contributed by atoms with E-state index in [9.17, 15) is 0 Å². The smallest absolute Gasteiger partial charge is 0.118 e. The molecule has 0 spiro atoms. The van der Waals surface area contributed by atoms with Crippen LogP contribution in [0.4, 0.5) is 0 Å². The topological polar surface area (TPSA) is 18.5 Å². The lowest BCUT2D eigenvalue weighted by Gasteiger charge is -2.12. The van der Waals surface area contributed by atoms with Gasteiger partial charge in [-0.1, -0.05) is 44.0 Å². The third-order valence-electron chi connectivity index (χ3n) is 1.99. The van der Waals surface area contributed by atoms with Gasteiger partial charge in [0.1, 0.15) is 5.75 Å². The highest BCUT2D eigenvalue weighted by Crippen LogP contribution is 2.13. The van der Waals surface area contributed by atoms with E-state index in [1.807, 2.05) is 24.3 Å². The number of alkyl halides is 2. The van der Waals surface area contributed by atoms with Crippen molar-refractivity contribution in [2.75, 3.05) is 17.8 Å². The van der Waals surface area contributed by atoms with E-state index >= 15 is 0 Å². The maximum Gasteiger partial charge on any atom is 0.118 e. The van der Waals surface area contributed by atoms with Crippen LogP contribution in [0.2, 0.25) is 0 Å². The zero-order valence-electron chi connectivity index (χ0n) is 8.58. The van der Waals surface area contributed by atoms with Crippen molar-refractivity contribution in [3.8, 4) is 5.75 Å². The minimum atomic E-state index is 0.215. The lowest BCUT2D eigenvalue weighted by molar-refractivity contribution is 0.0733. The predicted molar refractivity (Wildman–Crippen MR) is 69.2 cm³/mol. The van der Waals surface area contributed by atoms with Gasteiger partial charge in [0, 0.05) is 10.7 Å². The van der Waals surface area contributed by atoms with Gasteiger partial charge in [0.25, 0.3) is 0 Å². The van der Waals surface area contributed by atoms with Crippen LogP contribution >= 0.6 is 31.9 Å². The zero-order valence-corrected chi connectivity index (χ0v) is 11.8. The summed E-state index contributed by atoms with van der Waals surface area (Å²) in [6.07, 6.45) is 0.215. The monoisotopic (exact) mass is 336 g/mol. The molecule has 0 atom stereocenters. The quantitative estimate of drug-likeness (QED) is 0.741. The summed E-state index contributed by atoms with van der Waals surface area (Å²) in [6.45, 7) is 0.631. The maximum atomic E-state index is 5.67. The highest BCUT2D eigenvalue weighted by atomic mass is 79.9. The van der Waals surface area contributed by atoms with E-state index in [0.717, 1.165) is 22.0 Å². The van der Waals surface area contributed by atoms with Crippen LogP contribution in [0.3, 0.4) is 0 Å². The first-order chi connectivity index (χ1) is 7.30. The summed E-state index contributed by atoms with van der Waals surface area (Å²) < 4.78 is 10.7. The summed E-state index contributed by atoms with van der Waals surface area (Å²) in [4.78, 5) is 0. The number of hydrogen-bond acceptors (Lipinski definition) is 2. The molecule has 0 unspecified atom stereocenters. The summed E-state index contributed by atoms with van der Waals surface area (Å²) in [5, 5.41) is 1.68. The fourth-order valence-corrected chi connectivity index (χ4v) is 2.51. The Morgan fingerprint density at radius 2 is 1.73 bits per heavy atom. The molecule has 0 fully saturated rings. The molecule has 0 amide bonds. The molecule has 1 aromatic rings. The van der Waals surface area contributed by atoms with Crippen LogP contribution in [-0.4, -0.2) is 23.9 Å². The molecule has 1 rings (SSSR count). The highest BCUT2D eigenvalue weighted by molar-refractivity contribution is 9.09. The number of benzene rings is 1. The molecule has 0 heterocycles. The highest BCUT2D eigenvalue weighted by Gasteiger charge is 2.05. The molecule has 0 aliphatic rings. The summed E-state index contributed by atoms with van der Waals surface area (Å²) >= 11 is 6.79.